The van der Waals surface area contributed by atoms with E-state index in [1.807, 2.05) is 42.5 Å². The first-order valence-corrected chi connectivity index (χ1v) is 12.6. The molecule has 3 aromatic rings. The highest BCUT2D eigenvalue weighted by atomic mass is 32.2. The van der Waals surface area contributed by atoms with Gasteiger partial charge in [0.15, 0.2) is 0 Å². The average Bonchev–Trinajstić information content (AvgIpc) is 3.16. The predicted molar refractivity (Wildman–Crippen MR) is 139 cm³/mol. The summed E-state index contributed by atoms with van der Waals surface area (Å²) >= 11 is 0. The lowest BCUT2D eigenvalue weighted by atomic mass is 10.1. The quantitative estimate of drug-likeness (QED) is 0.209. The molecular weight excluding hydrogens is 490 g/mol. The second kappa shape index (κ2) is 10.8. The third kappa shape index (κ3) is 5.83. The van der Waals surface area contributed by atoms with Crippen molar-refractivity contribution in [2.75, 3.05) is 5.32 Å². The number of hydrogen-bond donors (Lipinski definition) is 2. The molecule has 1 aliphatic rings. The minimum absolute atomic E-state index is 0.0155. The van der Waals surface area contributed by atoms with Crippen LogP contribution in [0.1, 0.15) is 17.5 Å². The van der Waals surface area contributed by atoms with E-state index < -0.39 is 27.5 Å². The number of ether oxygens (including phenoxy) is 1. The first-order valence-electron chi connectivity index (χ1n) is 11.1. The lowest BCUT2D eigenvalue weighted by Gasteiger charge is -2.09. The number of allylic oxidation sites excluding steroid dienone is 1. The Kier molecular flexibility index (Phi) is 7.32. The molecule has 0 atom stereocenters. The zero-order chi connectivity index (χ0) is 26.4. The second-order valence-electron chi connectivity index (χ2n) is 7.96. The molecule has 0 saturated carbocycles. The summed E-state index contributed by atoms with van der Waals surface area (Å²) < 4.78 is 32.4. The number of nitrogens with zero attached hydrogens (tertiary/aromatic N) is 1. The van der Waals surface area contributed by atoms with Gasteiger partial charge in [0, 0.05) is 22.9 Å². The van der Waals surface area contributed by atoms with Crippen molar-refractivity contribution in [2.24, 2.45) is 0 Å². The number of amides is 1. The van der Waals surface area contributed by atoms with Gasteiger partial charge in [0.2, 0.25) is 0 Å². The fourth-order valence-electron chi connectivity index (χ4n) is 3.55. The minimum atomic E-state index is -3.88. The van der Waals surface area contributed by atoms with Crippen LogP contribution in [0.3, 0.4) is 0 Å². The molecule has 3 aromatic carbocycles. The molecule has 0 radical (unpaired) electrons. The number of anilines is 1. The Labute approximate surface area is 214 Å². The van der Waals surface area contributed by atoms with Crippen molar-refractivity contribution < 1.29 is 22.7 Å². The maximum atomic E-state index is 12.9. The van der Waals surface area contributed by atoms with Crippen LogP contribution in [0.4, 0.5) is 5.69 Å². The van der Waals surface area contributed by atoms with Crippen molar-refractivity contribution in [3.05, 3.63) is 114 Å². The molecule has 1 amide bonds. The van der Waals surface area contributed by atoms with Crippen molar-refractivity contribution in [2.45, 2.75) is 11.3 Å². The van der Waals surface area contributed by atoms with Crippen molar-refractivity contribution in [1.82, 2.24) is 4.72 Å². The Bertz CT molecular complexity index is 1600. The number of sulfonamides is 1. The molecule has 2 N–H and O–H groups in total. The highest BCUT2D eigenvalue weighted by molar-refractivity contribution is 7.90. The third-order valence-corrected chi connectivity index (χ3v) is 6.74. The van der Waals surface area contributed by atoms with Gasteiger partial charge in [-0.15, -0.1) is 0 Å². The third-order valence-electron chi connectivity index (χ3n) is 5.34. The second-order valence-corrected chi connectivity index (χ2v) is 9.61. The van der Waals surface area contributed by atoms with Gasteiger partial charge in [-0.1, -0.05) is 73.3 Å². The fourth-order valence-corrected chi connectivity index (χ4v) is 4.86. The zero-order valence-corrected chi connectivity index (χ0v) is 20.3. The number of esters is 1. The van der Waals surface area contributed by atoms with Crippen LogP contribution in [0.25, 0.3) is 11.8 Å². The van der Waals surface area contributed by atoms with Crippen molar-refractivity contribution in [3.8, 4) is 11.8 Å². The smallest absolute Gasteiger partial charge is 0.339 e. The summed E-state index contributed by atoms with van der Waals surface area (Å²) in [6, 6.07) is 23.5. The Morgan fingerprint density at radius 1 is 1.03 bits per heavy atom. The van der Waals surface area contributed by atoms with E-state index in [1.165, 1.54) is 24.3 Å². The van der Waals surface area contributed by atoms with Gasteiger partial charge in [0.05, 0.1) is 10.6 Å². The van der Waals surface area contributed by atoms with E-state index in [4.69, 9.17) is 4.74 Å². The monoisotopic (exact) mass is 511 g/mol. The SMILES string of the molecule is C=C(CC=Cc1ccccc1)C(=O)Oc1cccc(NC(=O)C(C#N)=C2NS(=O)(=O)c3ccccc32)c1. The normalized spacial score (nSPS) is 14.7. The van der Waals surface area contributed by atoms with Crippen LogP contribution in [0.15, 0.2) is 108 Å². The standard InChI is InChI=1S/C28H21N3O5S/c1-19(9-7-12-20-10-3-2-4-11-20)28(33)36-22-14-8-13-21(17-22)30-27(32)24(18-29)26-23-15-5-6-16-25(23)37(34,35)31-26/h2-8,10-17,31H,1,9H2,(H,30,32). The molecule has 0 saturated heterocycles. The topological polar surface area (TPSA) is 125 Å². The van der Waals surface area contributed by atoms with Crippen LogP contribution >= 0.6 is 0 Å². The Morgan fingerprint density at radius 2 is 1.76 bits per heavy atom. The zero-order valence-electron chi connectivity index (χ0n) is 19.5. The van der Waals surface area contributed by atoms with Crippen LogP contribution < -0.4 is 14.8 Å². The van der Waals surface area contributed by atoms with Gasteiger partial charge < -0.3 is 10.1 Å². The van der Waals surface area contributed by atoms with E-state index in [-0.39, 0.29) is 33.2 Å². The van der Waals surface area contributed by atoms with E-state index in [1.54, 1.807) is 30.3 Å². The molecular formula is C28H21N3O5S. The summed E-state index contributed by atoms with van der Waals surface area (Å²) in [5.41, 5.74) is 1.20. The molecule has 0 bridgehead atoms. The molecule has 4 rings (SSSR count). The number of fused-ring (bicyclic) bond motifs is 1. The van der Waals surface area contributed by atoms with Gasteiger partial charge in [0.1, 0.15) is 17.4 Å². The number of hydrogen-bond acceptors (Lipinski definition) is 6. The summed E-state index contributed by atoms with van der Waals surface area (Å²) in [5, 5.41) is 12.2. The molecule has 184 valence electrons. The van der Waals surface area contributed by atoms with Gasteiger partial charge >= 0.3 is 5.97 Å². The summed E-state index contributed by atoms with van der Waals surface area (Å²) in [6.45, 7) is 3.77. The molecule has 9 heteroatoms. The first-order chi connectivity index (χ1) is 17.8. The van der Waals surface area contributed by atoms with E-state index >= 15 is 0 Å². The van der Waals surface area contributed by atoms with Crippen LogP contribution in [0.5, 0.6) is 5.75 Å². The Balaban J connectivity index is 1.44. The summed E-state index contributed by atoms with van der Waals surface area (Å²) in [7, 11) is -3.88. The molecule has 1 heterocycles. The molecule has 8 nitrogen and oxygen atoms in total. The predicted octanol–water partition coefficient (Wildman–Crippen LogP) is 4.42. The Morgan fingerprint density at radius 3 is 2.51 bits per heavy atom. The van der Waals surface area contributed by atoms with Crippen molar-refractivity contribution in [1.29, 1.82) is 5.26 Å². The van der Waals surface area contributed by atoms with Gasteiger partial charge in [-0.05, 0) is 30.2 Å². The molecule has 0 unspecified atom stereocenters. The van der Waals surface area contributed by atoms with Crippen LogP contribution in [0, 0.1) is 11.3 Å². The first kappa shape index (κ1) is 25.2. The maximum Gasteiger partial charge on any atom is 0.339 e. The Hall–Kier alpha value is -4.94. The van der Waals surface area contributed by atoms with Gasteiger partial charge in [-0.3, -0.25) is 9.52 Å². The largest absolute Gasteiger partial charge is 0.423 e. The molecule has 0 aliphatic carbocycles. The average molecular weight is 512 g/mol. The number of nitrogens with one attached hydrogen (secondary N) is 2. The number of nitriles is 1. The summed E-state index contributed by atoms with van der Waals surface area (Å²) in [5.74, 6) is -1.29. The summed E-state index contributed by atoms with van der Waals surface area (Å²) in [4.78, 5) is 25.3. The fraction of sp³-hybridized carbons (Fsp3) is 0.0357. The minimum Gasteiger partial charge on any atom is -0.423 e. The van der Waals surface area contributed by atoms with E-state index in [0.717, 1.165) is 5.56 Å². The van der Waals surface area contributed by atoms with Crippen molar-refractivity contribution >= 4 is 39.4 Å². The molecule has 37 heavy (non-hydrogen) atoms. The van der Waals surface area contributed by atoms with E-state index in [0.29, 0.717) is 6.42 Å². The maximum absolute atomic E-state index is 12.9. The van der Waals surface area contributed by atoms with E-state index in [2.05, 4.69) is 16.6 Å². The highest BCUT2D eigenvalue weighted by Crippen LogP contribution is 2.32. The number of carbonyl (C=O) groups is 2. The lowest BCUT2D eigenvalue weighted by Crippen LogP contribution is -2.20. The van der Waals surface area contributed by atoms with Crippen molar-refractivity contribution in [3.63, 3.8) is 0 Å². The van der Waals surface area contributed by atoms with Gasteiger partial charge in [0.25, 0.3) is 15.9 Å². The molecule has 0 spiro atoms. The van der Waals surface area contributed by atoms with Crippen LogP contribution in [-0.2, 0) is 19.6 Å². The molecule has 1 aliphatic heterocycles. The van der Waals surface area contributed by atoms with Gasteiger partial charge in [-0.25, -0.2) is 13.2 Å². The molecule has 0 aromatic heterocycles. The number of carbonyl (C=O) groups excluding carboxylic acids is 2. The number of benzene rings is 3. The molecule has 0 fully saturated rings. The number of rotatable bonds is 7. The summed E-state index contributed by atoms with van der Waals surface area (Å²) in [6.07, 6.45) is 3.97. The van der Waals surface area contributed by atoms with Gasteiger partial charge in [-0.2, -0.15) is 5.26 Å². The van der Waals surface area contributed by atoms with Crippen LogP contribution in [0.2, 0.25) is 0 Å². The van der Waals surface area contributed by atoms with Crippen LogP contribution in [-0.4, -0.2) is 20.3 Å². The lowest BCUT2D eigenvalue weighted by molar-refractivity contribution is -0.130. The van der Waals surface area contributed by atoms with E-state index in [9.17, 15) is 23.3 Å². The highest BCUT2D eigenvalue weighted by Gasteiger charge is 2.33.